The Labute approximate surface area is 108 Å². The maximum absolute atomic E-state index is 11.4. The van der Waals surface area contributed by atoms with Gasteiger partial charge in [0.25, 0.3) is 5.91 Å². The lowest BCUT2D eigenvalue weighted by Crippen LogP contribution is -2.45. The first-order valence-electron chi connectivity index (χ1n) is 5.49. The Kier molecular flexibility index (Phi) is 5.55. The largest absolute Gasteiger partial charge is 0.480 e. The molecule has 19 heavy (non-hydrogen) atoms. The maximum atomic E-state index is 11.4. The summed E-state index contributed by atoms with van der Waals surface area (Å²) < 4.78 is 4.81. The lowest BCUT2D eigenvalue weighted by Gasteiger charge is -2.13. The van der Waals surface area contributed by atoms with Gasteiger partial charge in [-0.05, 0) is 12.1 Å². The summed E-state index contributed by atoms with van der Waals surface area (Å²) in [5.41, 5.74) is 0. The molecule has 0 aromatic carbocycles. The second kappa shape index (κ2) is 7.17. The van der Waals surface area contributed by atoms with E-state index in [1.807, 2.05) is 0 Å². The Balaban J connectivity index is 2.38. The number of hydrogen-bond acceptors (Lipinski definition) is 5. The number of nitrogens with one attached hydrogen (secondary N) is 2. The average molecular weight is 270 g/mol. The van der Waals surface area contributed by atoms with Crippen LogP contribution in [0.1, 0.15) is 17.0 Å². The molecule has 0 spiro atoms. The van der Waals surface area contributed by atoms with Gasteiger partial charge in [-0.3, -0.25) is 9.59 Å². The molecule has 0 bridgehead atoms. The topological polar surface area (TPSA) is 129 Å². The molecule has 0 aliphatic carbocycles. The molecule has 2 amide bonds. The number of amides is 2. The Morgan fingerprint density at radius 2 is 2.11 bits per heavy atom. The van der Waals surface area contributed by atoms with Crippen LogP contribution in [0.4, 0.5) is 0 Å². The van der Waals surface area contributed by atoms with Crippen LogP contribution in [0.5, 0.6) is 0 Å². The van der Waals surface area contributed by atoms with Crippen molar-refractivity contribution in [3.63, 3.8) is 0 Å². The first-order chi connectivity index (χ1) is 9.04. The molecule has 1 heterocycles. The third-order valence-corrected chi connectivity index (χ3v) is 2.21. The maximum Gasteiger partial charge on any atom is 0.326 e. The van der Waals surface area contributed by atoms with Gasteiger partial charge in [0, 0.05) is 13.0 Å². The number of carbonyl (C=O) groups is 3. The highest BCUT2D eigenvalue weighted by molar-refractivity contribution is 5.94. The van der Waals surface area contributed by atoms with Crippen molar-refractivity contribution in [2.24, 2.45) is 0 Å². The molecule has 8 nitrogen and oxygen atoms in total. The van der Waals surface area contributed by atoms with Crippen LogP contribution in [0, 0.1) is 0 Å². The fraction of sp³-hybridized carbons (Fsp3) is 0.364. The molecule has 8 heteroatoms. The third kappa shape index (κ3) is 4.80. The van der Waals surface area contributed by atoms with Crippen molar-refractivity contribution in [2.45, 2.75) is 12.5 Å². The van der Waals surface area contributed by atoms with E-state index in [2.05, 4.69) is 10.6 Å². The number of carboxylic acid groups (broad SMARTS) is 1. The summed E-state index contributed by atoms with van der Waals surface area (Å²) >= 11 is 0. The van der Waals surface area contributed by atoms with Gasteiger partial charge in [-0.2, -0.15) is 0 Å². The molecule has 1 atom stereocenters. The molecular weight excluding hydrogens is 256 g/mol. The summed E-state index contributed by atoms with van der Waals surface area (Å²) in [4.78, 5) is 33.5. The first kappa shape index (κ1) is 14.7. The molecule has 4 N–H and O–H groups in total. The SMILES string of the molecule is O=C(CNC(=O)c1ccco1)N[C@H](CCO)C(=O)O. The van der Waals surface area contributed by atoms with Crippen LogP contribution in [0.2, 0.25) is 0 Å². The molecule has 0 aliphatic rings. The summed E-state index contributed by atoms with van der Waals surface area (Å²) in [6, 6.07) is 1.77. The van der Waals surface area contributed by atoms with E-state index in [4.69, 9.17) is 14.6 Å². The summed E-state index contributed by atoms with van der Waals surface area (Å²) in [5, 5.41) is 21.8. The monoisotopic (exact) mass is 270 g/mol. The predicted octanol–water partition coefficient (Wildman–Crippen LogP) is -1.04. The first-order valence-corrected chi connectivity index (χ1v) is 5.49. The molecular formula is C11H14N2O6. The quantitative estimate of drug-likeness (QED) is 0.501. The Morgan fingerprint density at radius 1 is 1.37 bits per heavy atom. The third-order valence-electron chi connectivity index (χ3n) is 2.21. The molecule has 0 aliphatic heterocycles. The minimum atomic E-state index is -1.25. The van der Waals surface area contributed by atoms with Gasteiger partial charge in [0.15, 0.2) is 5.76 Å². The van der Waals surface area contributed by atoms with Gasteiger partial charge in [0.1, 0.15) is 6.04 Å². The summed E-state index contributed by atoms with van der Waals surface area (Å²) in [7, 11) is 0. The number of furan rings is 1. The van der Waals surface area contributed by atoms with Crippen LogP contribution in [0.25, 0.3) is 0 Å². The lowest BCUT2D eigenvalue weighted by molar-refractivity contribution is -0.142. The van der Waals surface area contributed by atoms with Crippen molar-refractivity contribution in [2.75, 3.05) is 13.2 Å². The van der Waals surface area contributed by atoms with Crippen molar-refractivity contribution in [1.29, 1.82) is 0 Å². The fourth-order valence-electron chi connectivity index (χ4n) is 1.29. The predicted molar refractivity (Wildman–Crippen MR) is 62.3 cm³/mol. The smallest absolute Gasteiger partial charge is 0.326 e. The summed E-state index contributed by atoms with van der Waals surface area (Å²) in [6.45, 7) is -0.745. The number of carbonyl (C=O) groups excluding carboxylic acids is 2. The van der Waals surface area contributed by atoms with Crippen LogP contribution in [0.3, 0.4) is 0 Å². The molecule has 0 unspecified atom stereocenters. The van der Waals surface area contributed by atoms with Crippen molar-refractivity contribution >= 4 is 17.8 Å². The van der Waals surface area contributed by atoms with E-state index >= 15 is 0 Å². The Morgan fingerprint density at radius 3 is 2.63 bits per heavy atom. The van der Waals surface area contributed by atoms with E-state index in [0.717, 1.165) is 0 Å². The average Bonchev–Trinajstić information content (AvgIpc) is 2.89. The molecule has 104 valence electrons. The van der Waals surface area contributed by atoms with Gasteiger partial charge in [-0.25, -0.2) is 4.79 Å². The van der Waals surface area contributed by atoms with E-state index in [0.29, 0.717) is 0 Å². The molecule has 0 radical (unpaired) electrons. The fourth-order valence-corrected chi connectivity index (χ4v) is 1.29. The van der Waals surface area contributed by atoms with E-state index in [1.165, 1.54) is 18.4 Å². The number of aliphatic hydroxyl groups is 1. The molecule has 1 aromatic heterocycles. The van der Waals surface area contributed by atoms with E-state index in [-0.39, 0.29) is 25.3 Å². The van der Waals surface area contributed by atoms with Crippen LogP contribution in [0.15, 0.2) is 22.8 Å². The minimum absolute atomic E-state index is 0.0537. The highest BCUT2D eigenvalue weighted by Crippen LogP contribution is 1.98. The molecule has 0 saturated heterocycles. The summed E-state index contributed by atoms with van der Waals surface area (Å²) in [6.07, 6.45) is 1.21. The number of aliphatic carboxylic acids is 1. The molecule has 1 aromatic rings. The van der Waals surface area contributed by atoms with Crippen molar-refractivity contribution in [1.82, 2.24) is 10.6 Å². The number of aliphatic hydroxyl groups excluding tert-OH is 1. The van der Waals surface area contributed by atoms with Gasteiger partial charge in [-0.15, -0.1) is 0 Å². The Hall–Kier alpha value is -2.35. The van der Waals surface area contributed by atoms with E-state index < -0.39 is 23.8 Å². The minimum Gasteiger partial charge on any atom is -0.480 e. The standard InChI is InChI=1S/C11H14N2O6/c14-4-3-7(11(17)18)13-9(15)6-12-10(16)8-2-1-5-19-8/h1-2,5,7,14H,3-4,6H2,(H,12,16)(H,13,15)(H,17,18)/t7-/m1/s1. The van der Waals surface area contributed by atoms with Crippen molar-refractivity contribution in [3.05, 3.63) is 24.2 Å². The lowest BCUT2D eigenvalue weighted by atomic mass is 10.2. The zero-order valence-electron chi connectivity index (χ0n) is 9.96. The highest BCUT2D eigenvalue weighted by Gasteiger charge is 2.19. The second-order valence-corrected chi connectivity index (χ2v) is 3.63. The van der Waals surface area contributed by atoms with Crippen LogP contribution in [-0.4, -0.2) is 47.2 Å². The van der Waals surface area contributed by atoms with Gasteiger partial charge < -0.3 is 25.3 Å². The number of carboxylic acids is 1. The van der Waals surface area contributed by atoms with E-state index in [1.54, 1.807) is 0 Å². The summed E-state index contributed by atoms with van der Waals surface area (Å²) in [5.74, 6) is -2.44. The number of hydrogen-bond donors (Lipinski definition) is 4. The van der Waals surface area contributed by atoms with Gasteiger partial charge in [-0.1, -0.05) is 0 Å². The molecule has 1 rings (SSSR count). The van der Waals surface area contributed by atoms with Gasteiger partial charge in [0.05, 0.1) is 12.8 Å². The Bertz CT molecular complexity index is 442. The number of rotatable bonds is 7. The van der Waals surface area contributed by atoms with Crippen LogP contribution >= 0.6 is 0 Å². The van der Waals surface area contributed by atoms with E-state index in [9.17, 15) is 14.4 Å². The van der Waals surface area contributed by atoms with Crippen LogP contribution in [-0.2, 0) is 9.59 Å². The molecule has 0 fully saturated rings. The van der Waals surface area contributed by atoms with Gasteiger partial charge in [0.2, 0.25) is 5.91 Å². The highest BCUT2D eigenvalue weighted by atomic mass is 16.4. The van der Waals surface area contributed by atoms with Gasteiger partial charge >= 0.3 is 5.97 Å². The molecule has 0 saturated carbocycles. The zero-order valence-corrected chi connectivity index (χ0v) is 9.96. The van der Waals surface area contributed by atoms with Crippen LogP contribution < -0.4 is 10.6 Å². The zero-order chi connectivity index (χ0) is 14.3. The normalized spacial score (nSPS) is 11.6. The second-order valence-electron chi connectivity index (χ2n) is 3.63. The van der Waals surface area contributed by atoms with Crippen molar-refractivity contribution < 1.29 is 29.0 Å². The van der Waals surface area contributed by atoms with Crippen molar-refractivity contribution in [3.8, 4) is 0 Å².